The minimum atomic E-state index is 0.448. The van der Waals surface area contributed by atoms with Crippen LogP contribution >= 0.6 is 22.6 Å². The lowest BCUT2D eigenvalue weighted by atomic mass is 10.1. The van der Waals surface area contributed by atoms with E-state index in [1.165, 1.54) is 5.56 Å². The van der Waals surface area contributed by atoms with Crippen molar-refractivity contribution in [2.45, 2.75) is 20.5 Å². The van der Waals surface area contributed by atoms with Gasteiger partial charge in [-0.2, -0.15) is 5.26 Å². The van der Waals surface area contributed by atoms with Crippen molar-refractivity contribution in [2.24, 2.45) is 0 Å². The Morgan fingerprint density at radius 1 is 1.09 bits per heavy atom. The Hall–Kier alpha value is -3.31. The number of rotatable bonds is 6. The molecular formula is C26H22IN3O2. The highest BCUT2D eigenvalue weighted by atomic mass is 127. The third-order valence-corrected chi connectivity index (χ3v) is 5.88. The fourth-order valence-electron chi connectivity index (χ4n) is 3.37. The summed E-state index contributed by atoms with van der Waals surface area (Å²) in [5.41, 5.74) is 6.46. The summed E-state index contributed by atoms with van der Waals surface area (Å²) < 4.78 is 12.6. The van der Waals surface area contributed by atoms with Crippen LogP contribution in [-0.4, -0.2) is 17.1 Å². The van der Waals surface area contributed by atoms with Crippen LogP contribution in [0.3, 0.4) is 0 Å². The Bertz CT molecular complexity index is 1350. The predicted octanol–water partition coefficient (Wildman–Crippen LogP) is 6.44. The molecular weight excluding hydrogens is 513 g/mol. The Balaban J connectivity index is 1.63. The summed E-state index contributed by atoms with van der Waals surface area (Å²) in [5, 5.41) is 9.76. The molecule has 0 saturated heterocycles. The third kappa shape index (κ3) is 4.78. The number of hydrogen-bond donors (Lipinski definition) is 1. The number of aryl methyl sites for hydroxylation is 2. The first-order chi connectivity index (χ1) is 15.5. The van der Waals surface area contributed by atoms with Crippen LogP contribution in [0, 0.1) is 28.7 Å². The SMILES string of the molecule is COc1cc(/C=C(/C#N)c2nc3ccc(C)cc3[nH]2)cc(I)c1OCc1ccc(C)cc1. The smallest absolute Gasteiger partial charge is 0.174 e. The number of H-pyrrole nitrogens is 1. The maximum absolute atomic E-state index is 9.76. The minimum absolute atomic E-state index is 0.448. The molecule has 5 nitrogen and oxygen atoms in total. The molecule has 1 N–H and O–H groups in total. The van der Waals surface area contributed by atoms with E-state index in [4.69, 9.17) is 9.47 Å². The van der Waals surface area contributed by atoms with Crippen molar-refractivity contribution in [3.8, 4) is 17.6 Å². The Morgan fingerprint density at radius 2 is 1.84 bits per heavy atom. The normalized spacial score (nSPS) is 11.4. The number of methoxy groups -OCH3 is 1. The monoisotopic (exact) mass is 535 g/mol. The van der Waals surface area contributed by atoms with Crippen LogP contribution in [0.4, 0.5) is 0 Å². The number of hydrogen-bond acceptors (Lipinski definition) is 4. The summed E-state index contributed by atoms with van der Waals surface area (Å²) >= 11 is 2.23. The lowest BCUT2D eigenvalue weighted by Gasteiger charge is -2.14. The molecule has 0 aliphatic rings. The van der Waals surface area contributed by atoms with E-state index in [9.17, 15) is 5.26 Å². The second kappa shape index (κ2) is 9.45. The van der Waals surface area contributed by atoms with Crippen LogP contribution in [0.15, 0.2) is 54.6 Å². The van der Waals surface area contributed by atoms with Crippen LogP contribution in [-0.2, 0) is 6.61 Å². The quantitative estimate of drug-likeness (QED) is 0.228. The largest absolute Gasteiger partial charge is 0.493 e. The number of imidazole rings is 1. The molecule has 32 heavy (non-hydrogen) atoms. The Kier molecular flexibility index (Phi) is 6.47. The van der Waals surface area contributed by atoms with Gasteiger partial charge in [0.05, 0.1) is 27.3 Å². The molecule has 0 atom stereocenters. The number of ether oxygens (including phenoxy) is 2. The molecule has 0 amide bonds. The van der Waals surface area contributed by atoms with Gasteiger partial charge in [-0.15, -0.1) is 0 Å². The number of fused-ring (bicyclic) bond motifs is 1. The minimum Gasteiger partial charge on any atom is -0.493 e. The first-order valence-electron chi connectivity index (χ1n) is 10.1. The number of halogens is 1. The van der Waals surface area contributed by atoms with Crippen molar-refractivity contribution in [3.63, 3.8) is 0 Å². The molecule has 0 aliphatic heterocycles. The van der Waals surface area contributed by atoms with Crippen LogP contribution in [0.5, 0.6) is 11.5 Å². The molecule has 4 aromatic rings. The van der Waals surface area contributed by atoms with Gasteiger partial charge in [-0.25, -0.2) is 4.98 Å². The zero-order valence-electron chi connectivity index (χ0n) is 18.1. The average molecular weight is 535 g/mol. The first kappa shape index (κ1) is 21.9. The molecule has 0 spiro atoms. The van der Waals surface area contributed by atoms with Gasteiger partial charge < -0.3 is 14.5 Å². The topological polar surface area (TPSA) is 70.9 Å². The highest BCUT2D eigenvalue weighted by molar-refractivity contribution is 14.1. The number of nitrogens with zero attached hydrogens (tertiary/aromatic N) is 2. The van der Waals surface area contributed by atoms with Gasteiger partial charge in [0.2, 0.25) is 0 Å². The van der Waals surface area contributed by atoms with Gasteiger partial charge in [0.1, 0.15) is 18.5 Å². The molecule has 0 radical (unpaired) electrons. The summed E-state index contributed by atoms with van der Waals surface area (Å²) in [4.78, 5) is 7.81. The molecule has 160 valence electrons. The second-order valence-corrected chi connectivity index (χ2v) is 8.75. The lowest BCUT2D eigenvalue weighted by molar-refractivity contribution is 0.282. The second-order valence-electron chi connectivity index (χ2n) is 7.58. The Morgan fingerprint density at radius 3 is 2.56 bits per heavy atom. The standard InChI is InChI=1S/C26H22IN3O2/c1-16-4-7-18(8-5-16)15-32-25-21(27)12-19(13-24(25)31-3)11-20(14-28)26-29-22-9-6-17(2)10-23(22)30-26/h4-13H,15H2,1-3H3,(H,29,30)/b20-11-. The average Bonchev–Trinajstić information content (AvgIpc) is 3.20. The molecule has 1 aromatic heterocycles. The molecule has 0 fully saturated rings. The summed E-state index contributed by atoms with van der Waals surface area (Å²) in [5.74, 6) is 1.85. The van der Waals surface area contributed by atoms with Crippen LogP contribution in [0.1, 0.15) is 28.1 Å². The van der Waals surface area contributed by atoms with Crippen molar-refractivity contribution in [1.29, 1.82) is 5.26 Å². The van der Waals surface area contributed by atoms with Crippen molar-refractivity contribution in [3.05, 3.63) is 86.2 Å². The summed E-state index contributed by atoms with van der Waals surface area (Å²) in [7, 11) is 1.62. The summed E-state index contributed by atoms with van der Waals surface area (Å²) in [6.07, 6.45) is 1.80. The third-order valence-electron chi connectivity index (χ3n) is 5.08. The maximum atomic E-state index is 9.76. The summed E-state index contributed by atoms with van der Waals surface area (Å²) in [6, 6.07) is 20.3. The van der Waals surface area contributed by atoms with Gasteiger partial charge in [0.25, 0.3) is 0 Å². The van der Waals surface area contributed by atoms with E-state index in [1.54, 1.807) is 13.2 Å². The molecule has 0 saturated carbocycles. The van der Waals surface area contributed by atoms with E-state index >= 15 is 0 Å². The van der Waals surface area contributed by atoms with Gasteiger partial charge in [-0.1, -0.05) is 35.9 Å². The van der Waals surface area contributed by atoms with Crippen molar-refractivity contribution in [2.75, 3.05) is 7.11 Å². The van der Waals surface area contributed by atoms with Gasteiger partial charge in [-0.05, 0) is 83.5 Å². The molecule has 6 heteroatoms. The van der Waals surface area contributed by atoms with E-state index in [-0.39, 0.29) is 0 Å². The van der Waals surface area contributed by atoms with E-state index in [1.807, 2.05) is 37.3 Å². The van der Waals surface area contributed by atoms with Crippen molar-refractivity contribution >= 4 is 45.3 Å². The zero-order chi connectivity index (χ0) is 22.7. The molecule has 1 heterocycles. The van der Waals surface area contributed by atoms with Crippen molar-refractivity contribution in [1.82, 2.24) is 9.97 Å². The molecule has 0 aliphatic carbocycles. The van der Waals surface area contributed by atoms with Gasteiger partial charge in [0.15, 0.2) is 11.5 Å². The van der Waals surface area contributed by atoms with E-state index in [2.05, 4.69) is 69.8 Å². The maximum Gasteiger partial charge on any atom is 0.174 e. The summed E-state index contributed by atoms with van der Waals surface area (Å²) in [6.45, 7) is 4.53. The van der Waals surface area contributed by atoms with Crippen LogP contribution < -0.4 is 9.47 Å². The highest BCUT2D eigenvalue weighted by Gasteiger charge is 2.14. The first-order valence-corrected chi connectivity index (χ1v) is 11.2. The van der Waals surface area contributed by atoms with Gasteiger partial charge in [-0.3, -0.25) is 0 Å². The zero-order valence-corrected chi connectivity index (χ0v) is 20.2. The fourth-order valence-corrected chi connectivity index (χ4v) is 4.16. The highest BCUT2D eigenvalue weighted by Crippen LogP contribution is 2.35. The van der Waals surface area contributed by atoms with E-state index in [0.717, 1.165) is 31.3 Å². The van der Waals surface area contributed by atoms with Crippen molar-refractivity contribution < 1.29 is 9.47 Å². The van der Waals surface area contributed by atoms with E-state index in [0.29, 0.717) is 29.5 Å². The van der Waals surface area contributed by atoms with Crippen LogP contribution in [0.2, 0.25) is 0 Å². The van der Waals surface area contributed by atoms with Gasteiger partial charge in [0, 0.05) is 0 Å². The number of allylic oxidation sites excluding steroid dienone is 1. The Labute approximate surface area is 200 Å². The number of nitriles is 1. The molecule has 0 bridgehead atoms. The fraction of sp³-hybridized carbons (Fsp3) is 0.154. The van der Waals surface area contributed by atoms with Gasteiger partial charge >= 0.3 is 0 Å². The number of aromatic amines is 1. The number of benzene rings is 3. The number of nitrogens with one attached hydrogen (secondary N) is 1. The van der Waals surface area contributed by atoms with E-state index < -0.39 is 0 Å². The predicted molar refractivity (Wildman–Crippen MR) is 136 cm³/mol. The molecule has 3 aromatic carbocycles. The lowest BCUT2D eigenvalue weighted by Crippen LogP contribution is -2.00. The molecule has 0 unspecified atom stereocenters. The van der Waals surface area contributed by atoms with Crippen LogP contribution in [0.25, 0.3) is 22.7 Å². The number of aromatic nitrogens is 2. The molecule has 4 rings (SSSR count).